The van der Waals surface area contributed by atoms with Gasteiger partial charge >= 0.3 is 5.97 Å². The van der Waals surface area contributed by atoms with Crippen molar-refractivity contribution < 1.29 is 14.3 Å². The Morgan fingerprint density at radius 2 is 1.44 bits per heavy atom. The standard InChI is InChI=1S/C40H50N2O3/c1-6-38-37(27-36(42(38)5)12-9-13-39(43)45-7-2)40(44)34-10-8-11-35(26-34)41-28-33(24-22-31-18-14-29(3)15-19-31)25-23-32-20-16-30(4)17-21-32/h8,10-11,14-21,26-27,33,41H,6-7,9,12-13,22-25,28H2,1-5H3. The topological polar surface area (TPSA) is 60.3 Å². The van der Waals surface area contributed by atoms with Crippen molar-refractivity contribution in [3.8, 4) is 0 Å². The lowest BCUT2D eigenvalue weighted by molar-refractivity contribution is -0.143. The number of carbonyl (C=O) groups is 2. The van der Waals surface area contributed by atoms with E-state index in [1.807, 2.05) is 38.2 Å². The van der Waals surface area contributed by atoms with Gasteiger partial charge in [-0.1, -0.05) is 78.7 Å². The van der Waals surface area contributed by atoms with Gasteiger partial charge in [0.25, 0.3) is 0 Å². The zero-order valence-corrected chi connectivity index (χ0v) is 27.8. The zero-order valence-electron chi connectivity index (χ0n) is 27.8. The van der Waals surface area contributed by atoms with E-state index in [1.165, 1.54) is 22.3 Å². The van der Waals surface area contributed by atoms with Gasteiger partial charge in [-0.15, -0.1) is 0 Å². The summed E-state index contributed by atoms with van der Waals surface area (Å²) in [5, 5.41) is 3.68. The van der Waals surface area contributed by atoms with Crippen LogP contribution in [0.4, 0.5) is 5.69 Å². The molecule has 4 rings (SSSR count). The minimum absolute atomic E-state index is 0.0398. The molecule has 3 aromatic carbocycles. The Hall–Kier alpha value is -4.12. The second-order valence-corrected chi connectivity index (χ2v) is 12.3. The molecule has 0 atom stereocenters. The van der Waals surface area contributed by atoms with E-state index in [-0.39, 0.29) is 11.8 Å². The van der Waals surface area contributed by atoms with E-state index < -0.39 is 0 Å². The number of aromatic nitrogens is 1. The molecule has 1 aromatic heterocycles. The Kier molecular flexibility index (Phi) is 12.6. The van der Waals surface area contributed by atoms with Crippen molar-refractivity contribution in [2.24, 2.45) is 13.0 Å². The van der Waals surface area contributed by atoms with E-state index in [9.17, 15) is 9.59 Å². The number of aryl methyl sites for hydroxylation is 5. The van der Waals surface area contributed by atoms with Gasteiger partial charge in [-0.2, -0.15) is 0 Å². The van der Waals surface area contributed by atoms with E-state index >= 15 is 0 Å². The number of carbonyl (C=O) groups excluding carboxylic acids is 2. The molecule has 0 saturated carbocycles. The van der Waals surface area contributed by atoms with Crippen LogP contribution >= 0.6 is 0 Å². The van der Waals surface area contributed by atoms with Crippen LogP contribution in [-0.2, 0) is 42.3 Å². The lowest BCUT2D eigenvalue weighted by Gasteiger charge is -2.19. The first-order valence-corrected chi connectivity index (χ1v) is 16.6. The van der Waals surface area contributed by atoms with E-state index in [1.54, 1.807) is 0 Å². The van der Waals surface area contributed by atoms with Crippen molar-refractivity contribution in [3.05, 3.63) is 124 Å². The maximum Gasteiger partial charge on any atom is 0.305 e. The molecule has 4 aromatic rings. The average molecular weight is 607 g/mol. The van der Waals surface area contributed by atoms with Crippen LogP contribution < -0.4 is 5.32 Å². The molecule has 0 aliphatic rings. The highest BCUT2D eigenvalue weighted by molar-refractivity contribution is 6.10. The molecule has 238 valence electrons. The van der Waals surface area contributed by atoms with Crippen LogP contribution in [0.15, 0.2) is 78.9 Å². The number of benzene rings is 3. The Morgan fingerprint density at radius 3 is 2.02 bits per heavy atom. The number of ether oxygens (including phenoxy) is 1. The number of nitrogens with one attached hydrogen (secondary N) is 1. The number of ketones is 1. The van der Waals surface area contributed by atoms with Crippen LogP contribution in [0.5, 0.6) is 0 Å². The Bertz CT molecular complexity index is 1480. The fourth-order valence-electron chi connectivity index (χ4n) is 6.00. The van der Waals surface area contributed by atoms with Crippen LogP contribution in [-0.4, -0.2) is 29.5 Å². The Balaban J connectivity index is 1.43. The summed E-state index contributed by atoms with van der Waals surface area (Å²) in [4.78, 5) is 25.6. The monoisotopic (exact) mass is 606 g/mol. The summed E-state index contributed by atoms with van der Waals surface area (Å²) in [6.07, 6.45) is 6.87. The fourth-order valence-corrected chi connectivity index (χ4v) is 6.00. The summed E-state index contributed by atoms with van der Waals surface area (Å²) in [6.45, 7) is 9.42. The van der Waals surface area contributed by atoms with Crippen molar-refractivity contribution in [3.63, 3.8) is 0 Å². The summed E-state index contributed by atoms with van der Waals surface area (Å²) in [5.41, 5.74) is 9.84. The van der Waals surface area contributed by atoms with E-state index in [4.69, 9.17) is 4.74 Å². The van der Waals surface area contributed by atoms with Gasteiger partial charge < -0.3 is 14.6 Å². The highest BCUT2D eigenvalue weighted by Crippen LogP contribution is 2.24. The lowest BCUT2D eigenvalue weighted by Crippen LogP contribution is -2.17. The van der Waals surface area contributed by atoms with Gasteiger partial charge in [0.15, 0.2) is 5.78 Å². The first-order chi connectivity index (χ1) is 21.8. The van der Waals surface area contributed by atoms with Crippen LogP contribution in [0.1, 0.15) is 89.1 Å². The number of hydrogen-bond acceptors (Lipinski definition) is 4. The van der Waals surface area contributed by atoms with Crippen LogP contribution in [0, 0.1) is 19.8 Å². The number of esters is 1. The number of rotatable bonds is 17. The summed E-state index contributed by atoms with van der Waals surface area (Å²) < 4.78 is 7.19. The fraction of sp³-hybridized carbons (Fsp3) is 0.400. The molecule has 0 aliphatic carbocycles. The highest BCUT2D eigenvalue weighted by Gasteiger charge is 2.20. The van der Waals surface area contributed by atoms with Gasteiger partial charge in [0.2, 0.25) is 0 Å². The van der Waals surface area contributed by atoms with Crippen molar-refractivity contribution in [1.29, 1.82) is 0 Å². The molecule has 0 saturated heterocycles. The Morgan fingerprint density at radius 1 is 0.822 bits per heavy atom. The smallest absolute Gasteiger partial charge is 0.305 e. The van der Waals surface area contributed by atoms with Crippen molar-refractivity contribution in [1.82, 2.24) is 4.57 Å². The summed E-state index contributed by atoms with van der Waals surface area (Å²) in [6, 6.07) is 27.7. The van der Waals surface area contributed by atoms with Crippen molar-refractivity contribution in [2.45, 2.75) is 79.1 Å². The maximum absolute atomic E-state index is 13.8. The van der Waals surface area contributed by atoms with Crippen LogP contribution in [0.2, 0.25) is 0 Å². The maximum atomic E-state index is 13.8. The average Bonchev–Trinajstić information content (AvgIpc) is 3.36. The molecule has 0 amide bonds. The van der Waals surface area contributed by atoms with Gasteiger partial charge in [0.1, 0.15) is 0 Å². The normalized spacial score (nSPS) is 11.2. The van der Waals surface area contributed by atoms with Gasteiger partial charge in [-0.05, 0) is 101 Å². The largest absolute Gasteiger partial charge is 0.466 e. The van der Waals surface area contributed by atoms with Crippen LogP contribution in [0.25, 0.3) is 0 Å². The number of anilines is 1. The molecule has 0 radical (unpaired) electrons. The third-order valence-corrected chi connectivity index (χ3v) is 8.80. The number of hydrogen-bond donors (Lipinski definition) is 1. The third kappa shape index (κ3) is 9.94. The number of nitrogens with zero attached hydrogens (tertiary/aromatic N) is 1. The van der Waals surface area contributed by atoms with Gasteiger partial charge in [0.05, 0.1) is 6.61 Å². The second kappa shape index (κ2) is 16.8. The molecule has 5 heteroatoms. The van der Waals surface area contributed by atoms with Crippen molar-refractivity contribution >= 4 is 17.4 Å². The predicted molar refractivity (Wildman–Crippen MR) is 185 cm³/mol. The molecule has 0 spiro atoms. The summed E-state index contributed by atoms with van der Waals surface area (Å²) in [5.74, 6) is 0.360. The highest BCUT2D eigenvalue weighted by atomic mass is 16.5. The zero-order chi connectivity index (χ0) is 32.2. The van der Waals surface area contributed by atoms with Crippen molar-refractivity contribution in [2.75, 3.05) is 18.5 Å². The predicted octanol–water partition coefficient (Wildman–Crippen LogP) is 8.61. The van der Waals surface area contributed by atoms with Crippen LogP contribution in [0.3, 0.4) is 0 Å². The first kappa shape index (κ1) is 33.8. The summed E-state index contributed by atoms with van der Waals surface area (Å²) in [7, 11) is 2.01. The van der Waals surface area contributed by atoms with E-state index in [2.05, 4.69) is 85.3 Å². The minimum Gasteiger partial charge on any atom is -0.466 e. The quantitative estimate of drug-likeness (QED) is 0.0966. The molecular formula is C40H50N2O3. The van der Waals surface area contributed by atoms with E-state index in [0.717, 1.165) is 67.7 Å². The van der Waals surface area contributed by atoms with Gasteiger partial charge in [-0.3, -0.25) is 9.59 Å². The molecule has 1 heterocycles. The Labute approximate surface area is 270 Å². The second-order valence-electron chi connectivity index (χ2n) is 12.3. The minimum atomic E-state index is -0.171. The molecule has 0 unspecified atom stereocenters. The molecular weight excluding hydrogens is 556 g/mol. The van der Waals surface area contributed by atoms with Gasteiger partial charge in [-0.25, -0.2) is 0 Å². The molecule has 0 fully saturated rings. The molecule has 1 N–H and O–H groups in total. The van der Waals surface area contributed by atoms with E-state index in [0.29, 0.717) is 30.9 Å². The molecule has 0 bridgehead atoms. The third-order valence-electron chi connectivity index (χ3n) is 8.80. The molecule has 45 heavy (non-hydrogen) atoms. The summed E-state index contributed by atoms with van der Waals surface area (Å²) >= 11 is 0. The SMILES string of the molecule is CCOC(=O)CCCc1cc(C(=O)c2cccc(NCC(CCc3ccc(C)cc3)CCc3ccc(C)cc3)c2)c(CC)n1C. The molecule has 5 nitrogen and oxygen atoms in total. The lowest BCUT2D eigenvalue weighted by atomic mass is 9.92. The first-order valence-electron chi connectivity index (χ1n) is 16.6. The van der Waals surface area contributed by atoms with Gasteiger partial charge in [0, 0.05) is 48.2 Å². The molecule has 0 aliphatic heterocycles.